The molecular weight excluding hydrogens is 376 g/mol. The van der Waals surface area contributed by atoms with Crippen molar-refractivity contribution in [3.05, 3.63) is 58.4 Å². The molecule has 0 atom stereocenters. The van der Waals surface area contributed by atoms with Crippen molar-refractivity contribution >= 4 is 11.9 Å². The van der Waals surface area contributed by atoms with Gasteiger partial charge in [-0.3, -0.25) is 4.79 Å². The van der Waals surface area contributed by atoms with Crippen LogP contribution in [-0.4, -0.2) is 41.0 Å². The van der Waals surface area contributed by atoms with Crippen LogP contribution in [-0.2, 0) is 11.3 Å². The van der Waals surface area contributed by atoms with Crippen molar-refractivity contribution in [2.75, 3.05) is 19.7 Å². The van der Waals surface area contributed by atoms with Gasteiger partial charge >= 0.3 is 5.97 Å². The first kappa shape index (κ1) is 23.7. The maximum atomic E-state index is 13.6. The Hall–Kier alpha value is -2.56. The van der Waals surface area contributed by atoms with Gasteiger partial charge in [0.1, 0.15) is 5.69 Å². The van der Waals surface area contributed by atoms with Crippen molar-refractivity contribution < 1.29 is 14.3 Å². The second-order valence-electron chi connectivity index (χ2n) is 8.72. The van der Waals surface area contributed by atoms with E-state index in [1.807, 2.05) is 53.6 Å². The smallest absolute Gasteiger partial charge is 0.355 e. The molecule has 0 aliphatic heterocycles. The first-order chi connectivity index (χ1) is 14.2. The summed E-state index contributed by atoms with van der Waals surface area (Å²) in [5.41, 5.74) is 3.67. The van der Waals surface area contributed by atoms with Crippen LogP contribution < -0.4 is 0 Å². The van der Waals surface area contributed by atoms with Gasteiger partial charge in [0.2, 0.25) is 0 Å². The molecule has 1 amide bonds. The fourth-order valence-corrected chi connectivity index (χ4v) is 3.92. The standard InChI is InChI=1S/C25H36N2O3/c1-8-30-25(29)23-19(6)22(24(28)26(14-17(2)3)15-18(4)5)20(7)27(23)16-21-12-10-9-11-13-21/h9-13,17-18H,8,14-16H2,1-7H3. The third kappa shape index (κ3) is 5.53. The van der Waals surface area contributed by atoms with Gasteiger partial charge in [0.25, 0.3) is 5.91 Å². The quantitative estimate of drug-likeness (QED) is 0.540. The third-order valence-electron chi connectivity index (χ3n) is 5.09. The van der Waals surface area contributed by atoms with Crippen molar-refractivity contribution in [3.8, 4) is 0 Å². The van der Waals surface area contributed by atoms with Crippen LogP contribution in [0.25, 0.3) is 0 Å². The van der Waals surface area contributed by atoms with E-state index in [0.29, 0.717) is 54.9 Å². The molecule has 30 heavy (non-hydrogen) atoms. The Kier molecular flexibility index (Phi) is 8.27. The first-order valence-electron chi connectivity index (χ1n) is 10.9. The number of hydrogen-bond donors (Lipinski definition) is 0. The topological polar surface area (TPSA) is 51.5 Å². The summed E-state index contributed by atoms with van der Waals surface area (Å²) in [6, 6.07) is 9.96. The number of aromatic nitrogens is 1. The highest BCUT2D eigenvalue weighted by Crippen LogP contribution is 2.26. The molecule has 1 heterocycles. The molecule has 1 aromatic heterocycles. The van der Waals surface area contributed by atoms with Crippen LogP contribution >= 0.6 is 0 Å². The summed E-state index contributed by atoms with van der Waals surface area (Å²) in [6.07, 6.45) is 0. The van der Waals surface area contributed by atoms with Crippen molar-refractivity contribution in [1.82, 2.24) is 9.47 Å². The van der Waals surface area contributed by atoms with Crippen molar-refractivity contribution in [2.45, 2.75) is 55.0 Å². The molecule has 0 fully saturated rings. The predicted molar refractivity (Wildman–Crippen MR) is 121 cm³/mol. The summed E-state index contributed by atoms with van der Waals surface area (Å²) < 4.78 is 7.27. The number of esters is 1. The predicted octanol–water partition coefficient (Wildman–Crippen LogP) is 5.08. The van der Waals surface area contributed by atoms with Crippen LogP contribution in [0.1, 0.15) is 72.3 Å². The molecule has 0 spiro atoms. The number of nitrogens with zero attached hydrogens (tertiary/aromatic N) is 2. The molecule has 5 heteroatoms. The molecule has 0 bridgehead atoms. The maximum absolute atomic E-state index is 13.6. The monoisotopic (exact) mass is 412 g/mol. The minimum atomic E-state index is -0.382. The molecule has 0 radical (unpaired) electrons. The Morgan fingerprint density at radius 1 is 1.00 bits per heavy atom. The maximum Gasteiger partial charge on any atom is 0.355 e. The minimum Gasteiger partial charge on any atom is -0.461 e. The Bertz CT molecular complexity index is 856. The zero-order chi connectivity index (χ0) is 22.4. The van der Waals surface area contributed by atoms with E-state index >= 15 is 0 Å². The summed E-state index contributed by atoms with van der Waals surface area (Å²) in [4.78, 5) is 28.4. The summed E-state index contributed by atoms with van der Waals surface area (Å²) in [6.45, 7) is 16.2. The van der Waals surface area contributed by atoms with E-state index in [1.165, 1.54) is 0 Å². The molecule has 1 aromatic carbocycles. The van der Waals surface area contributed by atoms with Crippen LogP contribution in [0.5, 0.6) is 0 Å². The molecule has 0 aliphatic rings. The summed E-state index contributed by atoms with van der Waals surface area (Å²) in [7, 11) is 0. The molecule has 5 nitrogen and oxygen atoms in total. The molecule has 0 saturated carbocycles. The second-order valence-corrected chi connectivity index (χ2v) is 8.72. The second kappa shape index (κ2) is 10.5. The zero-order valence-corrected chi connectivity index (χ0v) is 19.5. The van der Waals surface area contributed by atoms with Crippen LogP contribution in [0.15, 0.2) is 30.3 Å². The SMILES string of the molecule is CCOC(=O)c1c(C)c(C(=O)N(CC(C)C)CC(C)C)c(C)n1Cc1ccccc1. The van der Waals surface area contributed by atoms with E-state index in [4.69, 9.17) is 4.74 Å². The number of amides is 1. The Labute approximate surface area is 181 Å². The highest BCUT2D eigenvalue weighted by molar-refractivity contribution is 6.01. The van der Waals surface area contributed by atoms with E-state index < -0.39 is 0 Å². The Morgan fingerprint density at radius 3 is 2.07 bits per heavy atom. The lowest BCUT2D eigenvalue weighted by Gasteiger charge is -2.27. The fraction of sp³-hybridized carbons (Fsp3) is 0.520. The lowest BCUT2D eigenvalue weighted by atomic mass is 10.1. The molecule has 164 valence electrons. The van der Waals surface area contributed by atoms with Crippen LogP contribution in [0.3, 0.4) is 0 Å². The number of rotatable bonds is 9. The van der Waals surface area contributed by atoms with Gasteiger partial charge in [-0.25, -0.2) is 4.79 Å². The van der Waals surface area contributed by atoms with Crippen LogP contribution in [0, 0.1) is 25.7 Å². The molecule has 2 rings (SSSR count). The lowest BCUT2D eigenvalue weighted by Crippen LogP contribution is -2.37. The molecule has 2 aromatic rings. The minimum absolute atomic E-state index is 0.00948. The number of benzene rings is 1. The summed E-state index contributed by atoms with van der Waals surface area (Å²) in [5.74, 6) is 0.339. The van der Waals surface area contributed by atoms with E-state index in [9.17, 15) is 9.59 Å². The van der Waals surface area contributed by atoms with Gasteiger partial charge in [0, 0.05) is 25.3 Å². The van der Waals surface area contributed by atoms with Gasteiger partial charge in [-0.15, -0.1) is 0 Å². The molecule has 0 aliphatic carbocycles. The van der Waals surface area contributed by atoms with Gasteiger partial charge in [0.15, 0.2) is 0 Å². The van der Waals surface area contributed by atoms with Crippen molar-refractivity contribution in [1.29, 1.82) is 0 Å². The average molecular weight is 413 g/mol. The molecule has 0 saturated heterocycles. The number of ether oxygens (including phenoxy) is 1. The van der Waals surface area contributed by atoms with Gasteiger partial charge < -0.3 is 14.2 Å². The van der Waals surface area contributed by atoms with E-state index in [-0.39, 0.29) is 11.9 Å². The van der Waals surface area contributed by atoms with Gasteiger partial charge in [-0.1, -0.05) is 58.0 Å². The van der Waals surface area contributed by atoms with Crippen LogP contribution in [0.2, 0.25) is 0 Å². The Balaban J connectivity index is 2.57. The van der Waals surface area contributed by atoms with Crippen molar-refractivity contribution in [3.63, 3.8) is 0 Å². The molecule has 0 unspecified atom stereocenters. The lowest BCUT2D eigenvalue weighted by molar-refractivity contribution is 0.0513. The molecular formula is C25H36N2O3. The molecule has 0 N–H and O–H groups in total. The van der Waals surface area contributed by atoms with E-state index in [0.717, 1.165) is 11.3 Å². The largest absolute Gasteiger partial charge is 0.461 e. The number of carbonyl (C=O) groups excluding carboxylic acids is 2. The Morgan fingerprint density at radius 2 is 1.57 bits per heavy atom. The first-order valence-corrected chi connectivity index (χ1v) is 10.9. The fourth-order valence-electron chi connectivity index (χ4n) is 3.92. The van der Waals surface area contributed by atoms with Gasteiger partial charge in [0.05, 0.1) is 12.2 Å². The average Bonchev–Trinajstić information content (AvgIpc) is 2.91. The number of carbonyl (C=O) groups is 2. The summed E-state index contributed by atoms with van der Waals surface area (Å²) in [5, 5.41) is 0. The third-order valence-corrected chi connectivity index (χ3v) is 5.09. The van der Waals surface area contributed by atoms with Gasteiger partial charge in [-0.05, 0) is 43.7 Å². The highest BCUT2D eigenvalue weighted by Gasteiger charge is 2.30. The van der Waals surface area contributed by atoms with Crippen LogP contribution in [0.4, 0.5) is 0 Å². The highest BCUT2D eigenvalue weighted by atomic mass is 16.5. The van der Waals surface area contributed by atoms with Gasteiger partial charge in [-0.2, -0.15) is 0 Å². The number of hydrogen-bond acceptors (Lipinski definition) is 3. The summed E-state index contributed by atoms with van der Waals surface area (Å²) >= 11 is 0. The normalized spacial score (nSPS) is 11.2. The van der Waals surface area contributed by atoms with E-state index in [2.05, 4.69) is 27.7 Å². The van der Waals surface area contributed by atoms with E-state index in [1.54, 1.807) is 6.92 Å². The zero-order valence-electron chi connectivity index (χ0n) is 19.5. The van der Waals surface area contributed by atoms with Crippen molar-refractivity contribution in [2.24, 2.45) is 11.8 Å².